The molecule has 1 N–H and O–H groups in total. The van der Waals surface area contributed by atoms with Crippen molar-refractivity contribution < 1.29 is 23.5 Å². The van der Waals surface area contributed by atoms with Gasteiger partial charge in [-0.1, -0.05) is 24.3 Å². The van der Waals surface area contributed by atoms with Crippen molar-refractivity contribution in [2.75, 3.05) is 0 Å². The zero-order chi connectivity index (χ0) is 15.4. The Bertz CT molecular complexity index is 719. The number of rotatable bonds is 4. The van der Waals surface area contributed by atoms with E-state index in [4.69, 9.17) is 5.11 Å². The third-order valence-corrected chi connectivity index (χ3v) is 2.79. The fourth-order valence-electron chi connectivity index (χ4n) is 1.78. The van der Waals surface area contributed by atoms with Gasteiger partial charge in [0.05, 0.1) is 0 Å². The van der Waals surface area contributed by atoms with E-state index in [-0.39, 0.29) is 11.1 Å². The molecule has 2 aromatic rings. The first-order valence-electron chi connectivity index (χ1n) is 5.98. The quantitative estimate of drug-likeness (QED) is 0.692. The molecule has 0 aliphatic rings. The monoisotopic (exact) mass is 288 g/mol. The predicted molar refractivity (Wildman–Crippen MR) is 72.9 cm³/mol. The first kappa shape index (κ1) is 14.6. The molecule has 0 unspecified atom stereocenters. The Morgan fingerprint density at radius 3 is 2.19 bits per heavy atom. The highest BCUT2D eigenvalue weighted by molar-refractivity contribution is 6.07. The van der Waals surface area contributed by atoms with Crippen LogP contribution in [0.5, 0.6) is 0 Å². The van der Waals surface area contributed by atoms with Gasteiger partial charge in [-0.05, 0) is 23.8 Å². The number of carbonyl (C=O) groups excluding carboxylic acids is 1. The zero-order valence-electron chi connectivity index (χ0n) is 10.7. The summed E-state index contributed by atoms with van der Waals surface area (Å²) in [5.74, 6) is -3.04. The van der Waals surface area contributed by atoms with Gasteiger partial charge in [-0.3, -0.25) is 4.79 Å². The molecule has 0 aliphatic carbocycles. The van der Waals surface area contributed by atoms with Gasteiger partial charge in [-0.2, -0.15) is 0 Å². The Labute approximate surface area is 119 Å². The van der Waals surface area contributed by atoms with Crippen LogP contribution in [0.2, 0.25) is 0 Å². The number of ketones is 1. The third kappa shape index (κ3) is 3.60. The van der Waals surface area contributed by atoms with Gasteiger partial charge in [-0.15, -0.1) is 0 Å². The van der Waals surface area contributed by atoms with Crippen LogP contribution in [0.1, 0.15) is 10.4 Å². The molecule has 2 aromatic carbocycles. The number of carboxylic acid groups (broad SMARTS) is 1. The molecular formula is C16H10F2O3. The fourth-order valence-corrected chi connectivity index (χ4v) is 1.78. The zero-order valence-corrected chi connectivity index (χ0v) is 10.7. The van der Waals surface area contributed by atoms with Crippen LogP contribution < -0.4 is 0 Å². The van der Waals surface area contributed by atoms with Gasteiger partial charge in [-0.25, -0.2) is 13.6 Å². The second-order valence-corrected chi connectivity index (χ2v) is 4.24. The summed E-state index contributed by atoms with van der Waals surface area (Å²) in [6.45, 7) is 0. The molecule has 0 heterocycles. The van der Waals surface area contributed by atoms with E-state index in [0.29, 0.717) is 5.56 Å². The topological polar surface area (TPSA) is 54.4 Å². The van der Waals surface area contributed by atoms with E-state index in [1.54, 1.807) is 0 Å². The van der Waals surface area contributed by atoms with E-state index in [9.17, 15) is 18.4 Å². The largest absolute Gasteiger partial charge is 0.478 e. The molecular weight excluding hydrogens is 278 g/mol. The normalized spacial score (nSPS) is 10.8. The molecule has 0 aliphatic heterocycles. The fraction of sp³-hybridized carbons (Fsp3) is 0. The van der Waals surface area contributed by atoms with Crippen molar-refractivity contribution in [2.45, 2.75) is 0 Å². The average molecular weight is 288 g/mol. The molecule has 0 radical (unpaired) electrons. The highest BCUT2D eigenvalue weighted by Crippen LogP contribution is 2.23. The van der Waals surface area contributed by atoms with Crippen molar-refractivity contribution >= 4 is 11.8 Å². The van der Waals surface area contributed by atoms with Gasteiger partial charge in [0.1, 0.15) is 11.6 Å². The van der Waals surface area contributed by atoms with Crippen LogP contribution >= 0.6 is 0 Å². The van der Waals surface area contributed by atoms with Crippen LogP contribution in [0.4, 0.5) is 8.78 Å². The maximum Gasteiger partial charge on any atom is 0.328 e. The second-order valence-electron chi connectivity index (χ2n) is 4.24. The van der Waals surface area contributed by atoms with E-state index >= 15 is 0 Å². The van der Waals surface area contributed by atoms with Gasteiger partial charge in [0.2, 0.25) is 0 Å². The van der Waals surface area contributed by atoms with E-state index in [1.165, 1.54) is 30.3 Å². The first-order valence-corrected chi connectivity index (χ1v) is 5.98. The Balaban J connectivity index is 2.26. The lowest BCUT2D eigenvalue weighted by molar-refractivity contribution is -0.131. The summed E-state index contributed by atoms with van der Waals surface area (Å²) in [7, 11) is 0. The standard InChI is InChI=1S/C16H10F2O3/c17-12-5-6-13(14(18)9-12)10-1-3-11(4-2-10)15(19)7-8-16(20)21/h1-9H,(H,20,21). The number of aliphatic carboxylic acids is 1. The molecule has 0 spiro atoms. The van der Waals surface area contributed by atoms with Crippen molar-refractivity contribution in [2.24, 2.45) is 0 Å². The SMILES string of the molecule is O=C(O)C=CC(=O)c1ccc(-c2ccc(F)cc2F)cc1. The third-order valence-electron chi connectivity index (χ3n) is 2.79. The Hall–Kier alpha value is -2.82. The van der Waals surface area contributed by atoms with E-state index in [0.717, 1.165) is 24.3 Å². The number of benzene rings is 2. The van der Waals surface area contributed by atoms with Crippen LogP contribution in [0.3, 0.4) is 0 Å². The predicted octanol–water partition coefficient (Wildman–Crippen LogP) is 3.46. The van der Waals surface area contributed by atoms with Crippen molar-refractivity contribution in [3.63, 3.8) is 0 Å². The van der Waals surface area contributed by atoms with Gasteiger partial charge in [0, 0.05) is 23.3 Å². The molecule has 21 heavy (non-hydrogen) atoms. The molecule has 0 saturated carbocycles. The van der Waals surface area contributed by atoms with Gasteiger partial charge < -0.3 is 5.11 Å². The van der Waals surface area contributed by atoms with Gasteiger partial charge >= 0.3 is 5.97 Å². The summed E-state index contributed by atoms with van der Waals surface area (Å²) in [6.07, 6.45) is 1.69. The van der Waals surface area contributed by atoms with E-state index in [1.807, 2.05) is 0 Å². The summed E-state index contributed by atoms with van der Waals surface area (Å²) in [6, 6.07) is 9.17. The van der Waals surface area contributed by atoms with Crippen LogP contribution in [-0.4, -0.2) is 16.9 Å². The van der Waals surface area contributed by atoms with Crippen molar-refractivity contribution in [1.29, 1.82) is 0 Å². The van der Waals surface area contributed by atoms with Crippen LogP contribution in [-0.2, 0) is 4.79 Å². The van der Waals surface area contributed by atoms with Crippen molar-refractivity contribution in [1.82, 2.24) is 0 Å². The van der Waals surface area contributed by atoms with Crippen molar-refractivity contribution in [3.05, 3.63) is 71.8 Å². The summed E-state index contributed by atoms with van der Waals surface area (Å²) in [5, 5.41) is 8.44. The number of carbonyl (C=O) groups is 2. The highest BCUT2D eigenvalue weighted by atomic mass is 19.1. The number of allylic oxidation sites excluding steroid dienone is 1. The van der Waals surface area contributed by atoms with Crippen LogP contribution in [0.15, 0.2) is 54.6 Å². The Morgan fingerprint density at radius 2 is 1.62 bits per heavy atom. The summed E-state index contributed by atoms with van der Waals surface area (Å²) >= 11 is 0. The van der Waals surface area contributed by atoms with E-state index in [2.05, 4.69) is 0 Å². The molecule has 0 saturated heterocycles. The first-order chi connectivity index (χ1) is 9.97. The molecule has 0 aromatic heterocycles. The average Bonchev–Trinajstić information content (AvgIpc) is 2.45. The minimum absolute atomic E-state index is 0.219. The Kier molecular flexibility index (Phi) is 4.23. The summed E-state index contributed by atoms with van der Waals surface area (Å²) in [4.78, 5) is 22.0. The molecule has 3 nitrogen and oxygen atoms in total. The molecule has 0 fully saturated rings. The molecule has 106 valence electrons. The minimum Gasteiger partial charge on any atom is -0.478 e. The minimum atomic E-state index is -1.21. The maximum atomic E-state index is 13.6. The lowest BCUT2D eigenvalue weighted by atomic mass is 10.0. The highest BCUT2D eigenvalue weighted by Gasteiger charge is 2.08. The van der Waals surface area contributed by atoms with E-state index < -0.39 is 23.4 Å². The van der Waals surface area contributed by atoms with Gasteiger partial charge in [0.25, 0.3) is 0 Å². The number of hydrogen-bond donors (Lipinski definition) is 1. The van der Waals surface area contributed by atoms with Crippen molar-refractivity contribution in [3.8, 4) is 11.1 Å². The molecule has 5 heteroatoms. The molecule has 0 amide bonds. The molecule has 0 atom stereocenters. The van der Waals surface area contributed by atoms with Gasteiger partial charge in [0.15, 0.2) is 5.78 Å². The van der Waals surface area contributed by atoms with Crippen LogP contribution in [0.25, 0.3) is 11.1 Å². The second kappa shape index (κ2) is 6.09. The lowest BCUT2D eigenvalue weighted by Gasteiger charge is -2.04. The number of hydrogen-bond acceptors (Lipinski definition) is 2. The maximum absolute atomic E-state index is 13.6. The lowest BCUT2D eigenvalue weighted by Crippen LogP contribution is -1.96. The molecule has 0 bridgehead atoms. The smallest absolute Gasteiger partial charge is 0.328 e. The molecule has 2 rings (SSSR count). The Morgan fingerprint density at radius 1 is 0.952 bits per heavy atom. The number of halogens is 2. The summed E-state index contributed by atoms with van der Waals surface area (Å²) < 4.78 is 26.5. The summed E-state index contributed by atoms with van der Waals surface area (Å²) in [5.41, 5.74) is 0.988. The number of carboxylic acids is 1. The van der Waals surface area contributed by atoms with Crippen LogP contribution in [0, 0.1) is 11.6 Å².